The molecule has 0 saturated heterocycles. The van der Waals surface area contributed by atoms with Crippen LogP contribution in [0.4, 0.5) is 0 Å². The summed E-state index contributed by atoms with van der Waals surface area (Å²) in [7, 11) is 0. The molecule has 0 atom stereocenters. The number of rotatable bonds is 7. The van der Waals surface area contributed by atoms with Gasteiger partial charge in [-0.2, -0.15) is 5.26 Å². The molecule has 1 amide bonds. The van der Waals surface area contributed by atoms with Gasteiger partial charge in [-0.25, -0.2) is 4.98 Å². The zero-order valence-corrected chi connectivity index (χ0v) is 13.8. The molecule has 0 saturated carbocycles. The molecule has 116 valence electrons. The summed E-state index contributed by atoms with van der Waals surface area (Å²) in [4.78, 5) is 18.2. The third-order valence-corrected chi connectivity index (χ3v) is 4.18. The van der Waals surface area contributed by atoms with E-state index in [-0.39, 0.29) is 12.5 Å². The smallest absolute Gasteiger partial charge is 0.233 e. The van der Waals surface area contributed by atoms with E-state index in [0.29, 0.717) is 18.1 Å². The molecule has 2 heterocycles. The predicted molar refractivity (Wildman–Crippen MR) is 88.6 cm³/mol. The lowest BCUT2D eigenvalue weighted by Gasteiger charge is -2.18. The summed E-state index contributed by atoms with van der Waals surface area (Å²) < 4.78 is 2.01. The van der Waals surface area contributed by atoms with Crippen LogP contribution < -0.4 is 0 Å². The second kappa shape index (κ2) is 7.85. The van der Waals surface area contributed by atoms with E-state index in [4.69, 9.17) is 5.26 Å². The number of carbonyl (C=O) groups excluding carboxylic acids is 1. The van der Waals surface area contributed by atoms with Crippen molar-refractivity contribution < 1.29 is 4.79 Å². The Morgan fingerprint density at radius 2 is 2.27 bits per heavy atom. The molecule has 2 aromatic rings. The molecule has 0 aliphatic rings. The molecular formula is C16H20N4OS. The Hall–Kier alpha value is -2.00. The standard InChI is InChI=1S/C16H20N4OS/c1-3-7-19(8-6-17)16(21)12-22-11-14-10-20-9-13(2)4-5-15(20)18-14/h4-5,9-10H,3,7-8,11-12H2,1-2H3. The SMILES string of the molecule is CCCN(CC#N)C(=O)CSCc1cn2cc(C)ccc2n1. The summed E-state index contributed by atoms with van der Waals surface area (Å²) in [5, 5.41) is 8.76. The van der Waals surface area contributed by atoms with Crippen LogP contribution in [0.2, 0.25) is 0 Å². The topological polar surface area (TPSA) is 61.4 Å². The molecule has 0 radical (unpaired) electrons. The first-order valence-corrected chi connectivity index (χ1v) is 8.46. The number of thioether (sulfide) groups is 1. The maximum absolute atomic E-state index is 12.1. The summed E-state index contributed by atoms with van der Waals surface area (Å²) in [6, 6.07) is 6.07. The molecular weight excluding hydrogens is 296 g/mol. The van der Waals surface area contributed by atoms with Crippen molar-refractivity contribution in [1.82, 2.24) is 14.3 Å². The molecule has 0 spiro atoms. The lowest BCUT2D eigenvalue weighted by atomic mass is 10.3. The monoisotopic (exact) mass is 316 g/mol. The Balaban J connectivity index is 1.89. The second-order valence-electron chi connectivity index (χ2n) is 5.17. The molecule has 0 aliphatic heterocycles. The highest BCUT2D eigenvalue weighted by Gasteiger charge is 2.12. The van der Waals surface area contributed by atoms with Gasteiger partial charge in [0.15, 0.2) is 0 Å². The summed E-state index contributed by atoms with van der Waals surface area (Å²) >= 11 is 1.54. The molecule has 0 bridgehead atoms. The fraction of sp³-hybridized carbons (Fsp3) is 0.438. The minimum absolute atomic E-state index is 0.0213. The van der Waals surface area contributed by atoms with Crippen molar-refractivity contribution in [3.63, 3.8) is 0 Å². The van der Waals surface area contributed by atoms with Crippen molar-refractivity contribution in [1.29, 1.82) is 5.26 Å². The van der Waals surface area contributed by atoms with E-state index in [2.05, 4.69) is 4.98 Å². The van der Waals surface area contributed by atoms with E-state index in [1.54, 1.807) is 4.90 Å². The Morgan fingerprint density at radius 3 is 3.00 bits per heavy atom. The minimum atomic E-state index is 0.0213. The van der Waals surface area contributed by atoms with Crippen LogP contribution >= 0.6 is 11.8 Å². The van der Waals surface area contributed by atoms with E-state index < -0.39 is 0 Å². The van der Waals surface area contributed by atoms with E-state index in [0.717, 1.165) is 17.8 Å². The van der Waals surface area contributed by atoms with Gasteiger partial charge >= 0.3 is 0 Å². The third kappa shape index (κ3) is 4.25. The van der Waals surface area contributed by atoms with Crippen LogP contribution in [0.15, 0.2) is 24.5 Å². The van der Waals surface area contributed by atoms with Gasteiger partial charge in [-0.1, -0.05) is 13.0 Å². The van der Waals surface area contributed by atoms with E-state index in [9.17, 15) is 4.79 Å². The van der Waals surface area contributed by atoms with Gasteiger partial charge in [-0.15, -0.1) is 11.8 Å². The molecule has 2 aromatic heterocycles. The summed E-state index contributed by atoms with van der Waals surface area (Å²) in [5.41, 5.74) is 3.07. The number of aromatic nitrogens is 2. The van der Waals surface area contributed by atoms with E-state index in [1.165, 1.54) is 17.3 Å². The molecule has 0 unspecified atom stereocenters. The van der Waals surface area contributed by atoms with E-state index in [1.807, 2.05) is 48.8 Å². The fourth-order valence-electron chi connectivity index (χ4n) is 2.21. The van der Waals surface area contributed by atoms with Crippen LogP contribution in [0.1, 0.15) is 24.6 Å². The molecule has 2 rings (SSSR count). The number of carbonyl (C=O) groups is 1. The molecule has 0 aliphatic carbocycles. The first kappa shape index (κ1) is 16.4. The molecule has 22 heavy (non-hydrogen) atoms. The molecule has 0 fully saturated rings. The normalized spacial score (nSPS) is 10.6. The first-order valence-electron chi connectivity index (χ1n) is 7.30. The van der Waals surface area contributed by atoms with Gasteiger partial charge in [0.25, 0.3) is 0 Å². The highest BCUT2D eigenvalue weighted by Crippen LogP contribution is 2.14. The lowest BCUT2D eigenvalue weighted by molar-refractivity contribution is -0.127. The summed E-state index contributed by atoms with van der Waals surface area (Å²) in [6.45, 7) is 4.86. The van der Waals surface area contributed by atoms with Crippen molar-refractivity contribution in [2.24, 2.45) is 0 Å². The molecule has 6 heteroatoms. The van der Waals surface area contributed by atoms with Gasteiger partial charge in [-0.05, 0) is 25.0 Å². The number of nitriles is 1. The highest BCUT2D eigenvalue weighted by molar-refractivity contribution is 7.99. The Morgan fingerprint density at radius 1 is 1.45 bits per heavy atom. The molecule has 5 nitrogen and oxygen atoms in total. The van der Waals surface area contributed by atoms with Crippen molar-refractivity contribution >= 4 is 23.3 Å². The Labute approximate surface area is 134 Å². The minimum Gasteiger partial charge on any atom is -0.329 e. The van der Waals surface area contributed by atoms with Crippen LogP contribution in [0.5, 0.6) is 0 Å². The number of nitrogens with zero attached hydrogens (tertiary/aromatic N) is 4. The molecule has 0 N–H and O–H groups in total. The summed E-state index contributed by atoms with van der Waals surface area (Å²) in [5.74, 6) is 1.10. The number of imidazole rings is 1. The van der Waals surface area contributed by atoms with Crippen LogP contribution in [0.25, 0.3) is 5.65 Å². The van der Waals surface area contributed by atoms with Gasteiger partial charge in [-0.3, -0.25) is 4.79 Å². The second-order valence-corrected chi connectivity index (χ2v) is 6.16. The van der Waals surface area contributed by atoms with Crippen LogP contribution in [0, 0.1) is 18.3 Å². The quantitative estimate of drug-likeness (QED) is 0.737. The number of fused-ring (bicyclic) bond motifs is 1. The average molecular weight is 316 g/mol. The van der Waals surface area contributed by atoms with Crippen molar-refractivity contribution in [2.75, 3.05) is 18.8 Å². The van der Waals surface area contributed by atoms with E-state index >= 15 is 0 Å². The zero-order chi connectivity index (χ0) is 15.9. The van der Waals surface area contributed by atoms with Gasteiger partial charge in [0, 0.05) is 24.7 Å². The maximum atomic E-state index is 12.1. The van der Waals surface area contributed by atoms with Crippen LogP contribution in [0.3, 0.4) is 0 Å². The van der Waals surface area contributed by atoms with Crippen LogP contribution in [-0.2, 0) is 10.5 Å². The third-order valence-electron chi connectivity index (χ3n) is 3.23. The number of aryl methyl sites for hydroxylation is 1. The highest BCUT2D eigenvalue weighted by atomic mass is 32.2. The molecule has 0 aromatic carbocycles. The Bertz CT molecular complexity index is 689. The van der Waals surface area contributed by atoms with Gasteiger partial charge in [0.05, 0.1) is 17.5 Å². The largest absolute Gasteiger partial charge is 0.329 e. The van der Waals surface area contributed by atoms with Crippen molar-refractivity contribution in [3.8, 4) is 6.07 Å². The number of amides is 1. The lowest BCUT2D eigenvalue weighted by Crippen LogP contribution is -2.33. The van der Waals surface area contributed by atoms with Crippen molar-refractivity contribution in [3.05, 3.63) is 35.8 Å². The fourth-order valence-corrected chi connectivity index (χ4v) is 3.01. The zero-order valence-electron chi connectivity index (χ0n) is 13.0. The van der Waals surface area contributed by atoms with Gasteiger partial charge in [0.1, 0.15) is 12.2 Å². The number of hydrogen-bond acceptors (Lipinski definition) is 4. The maximum Gasteiger partial charge on any atom is 0.233 e. The average Bonchev–Trinajstić information content (AvgIpc) is 2.88. The predicted octanol–water partition coefficient (Wildman–Crippen LogP) is 2.64. The summed E-state index contributed by atoms with van der Waals surface area (Å²) in [6.07, 6.45) is 4.90. The number of hydrogen-bond donors (Lipinski definition) is 0. The van der Waals surface area contributed by atoms with Crippen LogP contribution in [-0.4, -0.2) is 39.0 Å². The van der Waals surface area contributed by atoms with Gasteiger partial charge in [0.2, 0.25) is 5.91 Å². The Kier molecular flexibility index (Phi) is 5.84. The first-order chi connectivity index (χ1) is 10.6. The van der Waals surface area contributed by atoms with Crippen molar-refractivity contribution in [2.45, 2.75) is 26.0 Å². The van der Waals surface area contributed by atoms with Gasteiger partial charge < -0.3 is 9.30 Å². The number of pyridine rings is 1.